The van der Waals surface area contributed by atoms with E-state index in [9.17, 15) is 14.7 Å². The van der Waals surface area contributed by atoms with Crippen LogP contribution in [0.1, 0.15) is 17.7 Å². The van der Waals surface area contributed by atoms with E-state index in [0.29, 0.717) is 30.7 Å². The second kappa shape index (κ2) is 9.06. The van der Waals surface area contributed by atoms with Gasteiger partial charge in [0.25, 0.3) is 0 Å². The highest BCUT2D eigenvalue weighted by molar-refractivity contribution is 5.96. The molecule has 0 fully saturated rings. The number of nitrogens with zero attached hydrogens (tertiary/aromatic N) is 1. The number of hydrogen-bond donors (Lipinski definition) is 2. The van der Waals surface area contributed by atoms with Gasteiger partial charge in [-0.15, -0.1) is 0 Å². The number of hydrogen-bond acceptors (Lipinski definition) is 3. The molecule has 0 saturated heterocycles. The maximum atomic E-state index is 13.3. The van der Waals surface area contributed by atoms with Crippen molar-refractivity contribution in [2.45, 2.75) is 25.8 Å². The van der Waals surface area contributed by atoms with Crippen molar-refractivity contribution in [1.29, 1.82) is 0 Å². The Bertz CT molecular complexity index is 1370. The average molecular weight is 455 g/mol. The van der Waals surface area contributed by atoms with Crippen LogP contribution in [0.3, 0.4) is 0 Å². The number of amides is 1. The summed E-state index contributed by atoms with van der Waals surface area (Å²) in [6.07, 6.45) is 1.90. The lowest BCUT2D eigenvalue weighted by Crippen LogP contribution is -2.29. The van der Waals surface area contributed by atoms with E-state index in [4.69, 9.17) is 4.74 Å². The van der Waals surface area contributed by atoms with Gasteiger partial charge in [0.2, 0.25) is 5.91 Å². The zero-order valence-corrected chi connectivity index (χ0v) is 19.0. The van der Waals surface area contributed by atoms with Crippen molar-refractivity contribution >= 4 is 28.5 Å². The van der Waals surface area contributed by atoms with Crippen LogP contribution < -0.4 is 10.1 Å². The number of aromatic nitrogens is 1. The van der Waals surface area contributed by atoms with Gasteiger partial charge < -0.3 is 19.7 Å². The number of carbonyl (C=O) groups excluding carboxylic acids is 1. The Labute approximate surface area is 197 Å². The lowest BCUT2D eigenvalue weighted by atomic mass is 9.85. The number of anilines is 1. The van der Waals surface area contributed by atoms with Gasteiger partial charge in [0, 0.05) is 22.5 Å². The number of methoxy groups -OCH3 is 1. The molecule has 1 aliphatic carbocycles. The number of carboxylic acids is 1. The summed E-state index contributed by atoms with van der Waals surface area (Å²) in [5, 5.41) is 13.5. The minimum absolute atomic E-state index is 0.0516. The van der Waals surface area contributed by atoms with E-state index in [1.807, 2.05) is 77.4 Å². The second-order valence-electron chi connectivity index (χ2n) is 8.63. The summed E-state index contributed by atoms with van der Waals surface area (Å²) in [6, 6.07) is 23.6. The number of aliphatic carboxylic acids is 1. The van der Waals surface area contributed by atoms with Crippen LogP contribution in [0.2, 0.25) is 0 Å². The molecule has 1 aromatic heterocycles. The molecule has 0 saturated carbocycles. The van der Waals surface area contributed by atoms with Gasteiger partial charge in [0.1, 0.15) is 12.3 Å². The SMILES string of the molecule is COc1ccc(-c2ccccc2)cc1NC(=O)C1CCc2c(c3ccccc3n2CC(=O)O)C1. The van der Waals surface area contributed by atoms with E-state index < -0.39 is 5.97 Å². The number of carboxylic acid groups (broad SMARTS) is 1. The first-order valence-electron chi connectivity index (χ1n) is 11.4. The molecule has 2 N–H and O–H groups in total. The molecule has 34 heavy (non-hydrogen) atoms. The maximum absolute atomic E-state index is 13.3. The molecule has 5 rings (SSSR count). The Balaban J connectivity index is 1.42. The zero-order valence-electron chi connectivity index (χ0n) is 19.0. The molecule has 172 valence electrons. The largest absolute Gasteiger partial charge is 0.495 e. The first-order chi connectivity index (χ1) is 16.5. The van der Waals surface area contributed by atoms with Gasteiger partial charge in [-0.05, 0) is 54.2 Å². The van der Waals surface area contributed by atoms with Crippen LogP contribution in [-0.2, 0) is 29.0 Å². The molecule has 1 amide bonds. The molecule has 0 radical (unpaired) electrons. The third kappa shape index (κ3) is 4.03. The van der Waals surface area contributed by atoms with Crippen LogP contribution >= 0.6 is 0 Å². The topological polar surface area (TPSA) is 80.6 Å². The molecule has 1 atom stereocenters. The lowest BCUT2D eigenvalue weighted by molar-refractivity contribution is -0.137. The Morgan fingerprint density at radius 2 is 1.79 bits per heavy atom. The van der Waals surface area contributed by atoms with Crippen LogP contribution in [0.4, 0.5) is 5.69 Å². The van der Waals surface area contributed by atoms with Crippen molar-refractivity contribution < 1.29 is 19.4 Å². The smallest absolute Gasteiger partial charge is 0.323 e. The van der Waals surface area contributed by atoms with Crippen molar-refractivity contribution in [2.24, 2.45) is 5.92 Å². The van der Waals surface area contributed by atoms with Gasteiger partial charge in [-0.2, -0.15) is 0 Å². The quantitative estimate of drug-likeness (QED) is 0.423. The molecule has 1 unspecified atom stereocenters. The Hall–Kier alpha value is -4.06. The number of benzene rings is 3. The zero-order chi connectivity index (χ0) is 23.7. The predicted molar refractivity (Wildman–Crippen MR) is 132 cm³/mol. The van der Waals surface area contributed by atoms with E-state index in [2.05, 4.69) is 5.32 Å². The fourth-order valence-corrected chi connectivity index (χ4v) is 4.99. The number of fused-ring (bicyclic) bond motifs is 3. The molecule has 6 nitrogen and oxygen atoms in total. The van der Waals surface area contributed by atoms with Crippen LogP contribution in [0.5, 0.6) is 5.75 Å². The summed E-state index contributed by atoms with van der Waals surface area (Å²) < 4.78 is 7.39. The van der Waals surface area contributed by atoms with Gasteiger partial charge in [-0.1, -0.05) is 54.6 Å². The summed E-state index contributed by atoms with van der Waals surface area (Å²) >= 11 is 0. The summed E-state index contributed by atoms with van der Waals surface area (Å²) in [5.74, 6) is -0.512. The third-order valence-electron chi connectivity index (χ3n) is 6.60. The lowest BCUT2D eigenvalue weighted by Gasteiger charge is -2.24. The van der Waals surface area contributed by atoms with Crippen molar-refractivity contribution in [3.8, 4) is 16.9 Å². The van der Waals surface area contributed by atoms with Crippen LogP contribution in [-0.4, -0.2) is 28.7 Å². The van der Waals surface area contributed by atoms with Crippen LogP contribution in [0.15, 0.2) is 72.8 Å². The summed E-state index contributed by atoms with van der Waals surface area (Å²) in [5.41, 5.74) is 5.72. The number of ether oxygens (including phenoxy) is 1. The number of carbonyl (C=O) groups is 2. The first-order valence-corrected chi connectivity index (χ1v) is 11.4. The van der Waals surface area contributed by atoms with Crippen molar-refractivity contribution in [3.63, 3.8) is 0 Å². The molecule has 0 bridgehead atoms. The minimum Gasteiger partial charge on any atom is -0.495 e. The van der Waals surface area contributed by atoms with Crippen LogP contribution in [0.25, 0.3) is 22.0 Å². The Kier molecular flexibility index (Phi) is 5.80. The van der Waals surface area contributed by atoms with Crippen molar-refractivity contribution in [1.82, 2.24) is 4.57 Å². The Morgan fingerprint density at radius 1 is 1.03 bits per heavy atom. The number of para-hydroxylation sites is 1. The highest BCUT2D eigenvalue weighted by Crippen LogP contribution is 2.36. The standard InChI is InChI=1S/C28H26N2O4/c1-34-26-14-12-19(18-7-3-2-4-8-18)16-23(26)29-28(33)20-11-13-25-22(15-20)21-9-5-6-10-24(21)30(25)17-27(31)32/h2-10,12,14,16,20H,11,13,15,17H2,1H3,(H,29,33)(H,31,32). The van der Waals surface area contributed by atoms with Gasteiger partial charge in [0.15, 0.2) is 0 Å². The average Bonchev–Trinajstić information content (AvgIpc) is 3.17. The first kappa shape index (κ1) is 21.8. The summed E-state index contributed by atoms with van der Waals surface area (Å²) in [7, 11) is 1.59. The van der Waals surface area contributed by atoms with E-state index >= 15 is 0 Å². The van der Waals surface area contributed by atoms with Crippen molar-refractivity contribution in [3.05, 3.63) is 84.1 Å². The molecule has 6 heteroatoms. The molecule has 4 aromatic rings. The normalized spacial score (nSPS) is 15.0. The fourth-order valence-electron chi connectivity index (χ4n) is 4.99. The number of nitrogens with one attached hydrogen (secondary N) is 1. The van der Waals surface area contributed by atoms with E-state index in [1.54, 1.807) is 7.11 Å². The molecule has 3 aromatic carbocycles. The molecular formula is C28H26N2O4. The van der Waals surface area contributed by atoms with E-state index in [0.717, 1.165) is 33.3 Å². The third-order valence-corrected chi connectivity index (χ3v) is 6.60. The molecular weight excluding hydrogens is 428 g/mol. The minimum atomic E-state index is -0.867. The molecule has 0 aliphatic heterocycles. The van der Waals surface area contributed by atoms with E-state index in [1.165, 1.54) is 0 Å². The molecule has 1 heterocycles. The highest BCUT2D eigenvalue weighted by atomic mass is 16.5. The van der Waals surface area contributed by atoms with Gasteiger partial charge in [-0.3, -0.25) is 9.59 Å². The van der Waals surface area contributed by atoms with Crippen molar-refractivity contribution in [2.75, 3.05) is 12.4 Å². The predicted octanol–water partition coefficient (Wildman–Crippen LogP) is 5.15. The summed E-state index contributed by atoms with van der Waals surface area (Å²) in [6.45, 7) is -0.0732. The molecule has 0 spiro atoms. The monoisotopic (exact) mass is 454 g/mol. The second-order valence-corrected chi connectivity index (χ2v) is 8.63. The Morgan fingerprint density at radius 3 is 2.56 bits per heavy atom. The number of rotatable bonds is 6. The molecule has 1 aliphatic rings. The fraction of sp³-hybridized carbons (Fsp3) is 0.214. The van der Waals surface area contributed by atoms with Gasteiger partial charge in [0.05, 0.1) is 12.8 Å². The maximum Gasteiger partial charge on any atom is 0.323 e. The summed E-state index contributed by atoms with van der Waals surface area (Å²) in [4.78, 5) is 24.8. The highest BCUT2D eigenvalue weighted by Gasteiger charge is 2.30. The van der Waals surface area contributed by atoms with Gasteiger partial charge >= 0.3 is 5.97 Å². The van der Waals surface area contributed by atoms with E-state index in [-0.39, 0.29) is 18.4 Å². The van der Waals surface area contributed by atoms with Gasteiger partial charge in [-0.25, -0.2) is 0 Å². The van der Waals surface area contributed by atoms with Crippen LogP contribution in [0, 0.1) is 5.92 Å².